The third-order valence-electron chi connectivity index (χ3n) is 2.96. The second kappa shape index (κ2) is 6.13. The van der Waals surface area contributed by atoms with Gasteiger partial charge in [0.2, 0.25) is 0 Å². The smallest absolute Gasteiger partial charge is 0.129 e. The predicted octanol–water partition coefficient (Wildman–Crippen LogP) is 0.819. The minimum atomic E-state index is 0. The van der Waals surface area contributed by atoms with E-state index in [4.69, 9.17) is 5.73 Å². The molecule has 0 aliphatic carbocycles. The highest BCUT2D eigenvalue weighted by Gasteiger charge is 2.21. The Labute approximate surface area is 103 Å². The Morgan fingerprint density at radius 2 is 2.12 bits per heavy atom. The van der Waals surface area contributed by atoms with Gasteiger partial charge in [0, 0.05) is 31.3 Å². The first-order chi connectivity index (χ1) is 7.29. The molecule has 1 aromatic heterocycles. The van der Waals surface area contributed by atoms with Crippen LogP contribution in [0.25, 0.3) is 0 Å². The van der Waals surface area contributed by atoms with Gasteiger partial charge in [-0.3, -0.25) is 0 Å². The summed E-state index contributed by atoms with van der Waals surface area (Å²) in [7, 11) is 2.16. The number of aromatic nitrogens is 2. The largest absolute Gasteiger partial charge is 0.330 e. The van der Waals surface area contributed by atoms with Gasteiger partial charge in [-0.15, -0.1) is 12.4 Å². The molecule has 1 atom stereocenters. The predicted molar refractivity (Wildman–Crippen MR) is 66.9 cm³/mol. The first-order valence-electron chi connectivity index (χ1n) is 5.49. The average molecular weight is 243 g/mol. The molecule has 1 unspecified atom stereocenters. The van der Waals surface area contributed by atoms with Crippen LogP contribution < -0.4 is 5.73 Å². The summed E-state index contributed by atoms with van der Waals surface area (Å²) in [5.41, 5.74) is 6.72. The molecule has 0 saturated carbocycles. The van der Waals surface area contributed by atoms with E-state index in [2.05, 4.69) is 21.9 Å². The summed E-state index contributed by atoms with van der Waals surface area (Å²) in [5, 5.41) is 0. The molecule has 2 N–H and O–H groups in total. The first kappa shape index (κ1) is 13.4. The number of hydrogen-bond acceptors (Lipinski definition) is 4. The number of hydrogen-bond donors (Lipinski definition) is 1. The van der Waals surface area contributed by atoms with Crippen molar-refractivity contribution < 1.29 is 0 Å². The number of nitrogens with zero attached hydrogens (tertiary/aromatic N) is 3. The van der Waals surface area contributed by atoms with Crippen molar-refractivity contribution in [2.24, 2.45) is 5.73 Å². The molecule has 2 heterocycles. The van der Waals surface area contributed by atoms with E-state index in [1.807, 2.05) is 12.4 Å². The van der Waals surface area contributed by atoms with Crippen LogP contribution in [0.3, 0.4) is 0 Å². The fourth-order valence-corrected chi connectivity index (χ4v) is 2.04. The maximum Gasteiger partial charge on any atom is 0.129 e. The monoisotopic (exact) mass is 242 g/mol. The van der Waals surface area contributed by atoms with Crippen LogP contribution in [0, 0.1) is 0 Å². The van der Waals surface area contributed by atoms with Gasteiger partial charge in [-0.1, -0.05) is 0 Å². The van der Waals surface area contributed by atoms with E-state index >= 15 is 0 Å². The molecule has 1 saturated heterocycles. The molecule has 1 aromatic rings. The average Bonchev–Trinajstić information content (AvgIpc) is 2.67. The van der Waals surface area contributed by atoms with Crippen LogP contribution in [0.1, 0.15) is 23.7 Å². The Balaban J connectivity index is 0.00000128. The summed E-state index contributed by atoms with van der Waals surface area (Å²) in [6.07, 6.45) is 5.91. The maximum absolute atomic E-state index is 5.45. The van der Waals surface area contributed by atoms with Crippen molar-refractivity contribution in [2.75, 3.05) is 26.7 Å². The highest BCUT2D eigenvalue weighted by Crippen LogP contribution is 2.24. The highest BCUT2D eigenvalue weighted by molar-refractivity contribution is 5.85. The van der Waals surface area contributed by atoms with Crippen molar-refractivity contribution in [3.8, 4) is 0 Å². The topological polar surface area (TPSA) is 55.0 Å². The molecule has 0 amide bonds. The SMILES string of the molecule is CN1CCC(c2cnc(CCN)nc2)C1.Cl. The van der Waals surface area contributed by atoms with E-state index in [1.165, 1.54) is 18.5 Å². The van der Waals surface area contributed by atoms with Crippen LogP contribution in [-0.2, 0) is 6.42 Å². The summed E-state index contributed by atoms with van der Waals surface area (Å²) >= 11 is 0. The summed E-state index contributed by atoms with van der Waals surface area (Å²) < 4.78 is 0. The molecule has 2 rings (SSSR count). The minimum absolute atomic E-state index is 0. The Morgan fingerprint density at radius 1 is 1.44 bits per heavy atom. The number of likely N-dealkylation sites (tertiary alicyclic amines) is 1. The quantitative estimate of drug-likeness (QED) is 0.853. The van der Waals surface area contributed by atoms with Crippen LogP contribution in [0.5, 0.6) is 0 Å². The molecule has 1 aliphatic heterocycles. The molecular formula is C11H19ClN4. The normalized spacial score (nSPS) is 20.8. The fourth-order valence-electron chi connectivity index (χ4n) is 2.04. The van der Waals surface area contributed by atoms with Crippen molar-refractivity contribution in [3.63, 3.8) is 0 Å². The molecular weight excluding hydrogens is 224 g/mol. The molecule has 0 spiro atoms. The van der Waals surface area contributed by atoms with E-state index in [-0.39, 0.29) is 12.4 Å². The molecule has 4 nitrogen and oxygen atoms in total. The summed E-state index contributed by atoms with van der Waals surface area (Å²) in [6.45, 7) is 2.92. The number of likely N-dealkylation sites (N-methyl/N-ethyl adjacent to an activating group) is 1. The van der Waals surface area contributed by atoms with E-state index in [1.54, 1.807) is 0 Å². The van der Waals surface area contributed by atoms with Crippen molar-refractivity contribution in [3.05, 3.63) is 23.8 Å². The third-order valence-corrected chi connectivity index (χ3v) is 2.96. The van der Waals surface area contributed by atoms with Crippen molar-refractivity contribution in [2.45, 2.75) is 18.8 Å². The lowest BCUT2D eigenvalue weighted by atomic mass is 10.0. The van der Waals surface area contributed by atoms with Gasteiger partial charge in [-0.25, -0.2) is 9.97 Å². The Hall–Kier alpha value is -0.710. The molecule has 16 heavy (non-hydrogen) atoms. The first-order valence-corrected chi connectivity index (χ1v) is 5.49. The summed E-state index contributed by atoms with van der Waals surface area (Å²) in [5.74, 6) is 1.47. The summed E-state index contributed by atoms with van der Waals surface area (Å²) in [6, 6.07) is 0. The molecule has 5 heteroatoms. The van der Waals surface area contributed by atoms with Crippen LogP contribution in [0.4, 0.5) is 0 Å². The molecule has 0 aromatic carbocycles. The molecule has 0 bridgehead atoms. The van der Waals surface area contributed by atoms with Gasteiger partial charge < -0.3 is 10.6 Å². The molecule has 1 fully saturated rings. The van der Waals surface area contributed by atoms with Gasteiger partial charge in [0.1, 0.15) is 5.82 Å². The zero-order chi connectivity index (χ0) is 10.7. The third kappa shape index (κ3) is 3.14. The number of halogens is 1. The van der Waals surface area contributed by atoms with Crippen LogP contribution >= 0.6 is 12.4 Å². The van der Waals surface area contributed by atoms with Crippen LogP contribution in [0.15, 0.2) is 12.4 Å². The lowest BCUT2D eigenvalue weighted by molar-refractivity contribution is 0.411. The summed E-state index contributed by atoms with van der Waals surface area (Å²) in [4.78, 5) is 11.0. The zero-order valence-corrected chi connectivity index (χ0v) is 10.4. The van der Waals surface area contributed by atoms with Gasteiger partial charge in [0.05, 0.1) is 0 Å². The van der Waals surface area contributed by atoms with Crippen molar-refractivity contribution in [1.29, 1.82) is 0 Å². The lowest BCUT2D eigenvalue weighted by Crippen LogP contribution is -2.13. The van der Waals surface area contributed by atoms with Gasteiger partial charge in [0.15, 0.2) is 0 Å². The second-order valence-corrected chi connectivity index (χ2v) is 4.22. The van der Waals surface area contributed by atoms with E-state index < -0.39 is 0 Å². The van der Waals surface area contributed by atoms with E-state index in [0.717, 1.165) is 18.8 Å². The number of rotatable bonds is 3. The minimum Gasteiger partial charge on any atom is -0.330 e. The zero-order valence-electron chi connectivity index (χ0n) is 9.59. The second-order valence-electron chi connectivity index (χ2n) is 4.22. The van der Waals surface area contributed by atoms with Gasteiger partial charge in [-0.2, -0.15) is 0 Å². The standard InChI is InChI=1S/C11H18N4.ClH/c1-15-5-3-9(8-15)10-6-13-11(2-4-12)14-7-10;/h6-7,9H,2-5,8,12H2,1H3;1H. The van der Waals surface area contributed by atoms with Crippen molar-refractivity contribution >= 4 is 12.4 Å². The maximum atomic E-state index is 5.45. The van der Waals surface area contributed by atoms with Crippen molar-refractivity contribution in [1.82, 2.24) is 14.9 Å². The molecule has 0 radical (unpaired) electrons. The molecule has 1 aliphatic rings. The Morgan fingerprint density at radius 3 is 2.62 bits per heavy atom. The van der Waals surface area contributed by atoms with Gasteiger partial charge >= 0.3 is 0 Å². The number of nitrogens with two attached hydrogens (primary N) is 1. The molecule has 90 valence electrons. The van der Waals surface area contributed by atoms with Crippen LogP contribution in [-0.4, -0.2) is 41.5 Å². The lowest BCUT2D eigenvalue weighted by Gasteiger charge is -2.10. The van der Waals surface area contributed by atoms with E-state index in [9.17, 15) is 0 Å². The van der Waals surface area contributed by atoms with Gasteiger partial charge in [0.25, 0.3) is 0 Å². The highest BCUT2D eigenvalue weighted by atomic mass is 35.5. The Kier molecular flexibility index (Phi) is 5.12. The van der Waals surface area contributed by atoms with Crippen LogP contribution in [0.2, 0.25) is 0 Å². The van der Waals surface area contributed by atoms with Gasteiger partial charge in [-0.05, 0) is 32.1 Å². The fraction of sp³-hybridized carbons (Fsp3) is 0.636. The van der Waals surface area contributed by atoms with E-state index in [0.29, 0.717) is 12.5 Å². The Bertz CT molecular complexity index is 314.